The molecule has 2 aromatic rings. The van der Waals surface area contributed by atoms with Crippen molar-refractivity contribution in [3.63, 3.8) is 0 Å². The van der Waals surface area contributed by atoms with Crippen molar-refractivity contribution < 1.29 is 19.4 Å². The number of halogens is 3. The second kappa shape index (κ2) is 12.1. The molecule has 1 N–H and O–H groups in total. The Bertz CT molecular complexity index is 588. The monoisotopic (exact) mass is 464 g/mol. The Morgan fingerprint density at radius 2 is 1.26 bits per heavy atom. The van der Waals surface area contributed by atoms with Gasteiger partial charge in [-0.1, -0.05) is 31.9 Å². The number of ether oxygens (including phenoxy) is 1. The van der Waals surface area contributed by atoms with Gasteiger partial charge in [-0.25, -0.2) is 0 Å². The molecular weight excluding hydrogens is 451 g/mol. The van der Waals surface area contributed by atoms with Crippen molar-refractivity contribution >= 4 is 54.7 Å². The number of carbonyl (C=O) groups excluding carboxylic acids is 2. The number of phenolic OH excluding ortho intramolecular Hbond substituents is 1. The first-order valence-electron chi connectivity index (χ1n) is 6.25. The predicted molar refractivity (Wildman–Crippen MR) is 97.8 cm³/mol. The Balaban J connectivity index is 0.000000354. The van der Waals surface area contributed by atoms with E-state index in [1.807, 2.05) is 12.1 Å². The quantitative estimate of drug-likeness (QED) is 0.352. The molecule has 2 aromatic carbocycles. The standard InChI is InChI=1S/C8H7BrO2.C6H5BrO.C2H3ClO/c1-6(10)11-8-4-2-7(9)3-5-8;7-5-1-3-6(8)4-2-5;1-2(3)4/h2-5H,1H3;1-4,8H;1H3. The number of aromatic hydroxyl groups is 1. The number of hydrogen-bond donors (Lipinski definition) is 1. The van der Waals surface area contributed by atoms with E-state index in [0.29, 0.717) is 11.5 Å². The van der Waals surface area contributed by atoms with Gasteiger partial charge in [0.25, 0.3) is 0 Å². The van der Waals surface area contributed by atoms with E-state index in [1.165, 1.54) is 13.8 Å². The summed E-state index contributed by atoms with van der Waals surface area (Å²) in [7, 11) is 0. The summed E-state index contributed by atoms with van der Waals surface area (Å²) >= 11 is 11.1. The van der Waals surface area contributed by atoms with Crippen LogP contribution >= 0.6 is 43.5 Å². The fraction of sp³-hybridized carbons (Fsp3) is 0.125. The van der Waals surface area contributed by atoms with Crippen molar-refractivity contribution in [3.8, 4) is 11.5 Å². The highest BCUT2D eigenvalue weighted by Crippen LogP contribution is 2.16. The van der Waals surface area contributed by atoms with Gasteiger partial charge in [-0.05, 0) is 60.1 Å². The Labute approximate surface area is 156 Å². The van der Waals surface area contributed by atoms with E-state index in [9.17, 15) is 9.59 Å². The lowest BCUT2D eigenvalue weighted by atomic mass is 10.3. The molecule has 0 radical (unpaired) electrons. The van der Waals surface area contributed by atoms with E-state index < -0.39 is 0 Å². The molecule has 4 nitrogen and oxygen atoms in total. The molecule has 0 amide bonds. The number of benzene rings is 2. The fourth-order valence-corrected chi connectivity index (χ4v) is 1.64. The van der Waals surface area contributed by atoms with Gasteiger partial charge in [-0.2, -0.15) is 0 Å². The Morgan fingerprint density at radius 3 is 1.57 bits per heavy atom. The number of carbonyl (C=O) groups is 2. The molecule has 0 unspecified atom stereocenters. The van der Waals surface area contributed by atoms with Crippen LogP contribution in [-0.4, -0.2) is 16.3 Å². The second-order valence-electron chi connectivity index (χ2n) is 3.99. The fourth-order valence-electron chi connectivity index (χ4n) is 1.11. The van der Waals surface area contributed by atoms with Gasteiger partial charge in [-0.3, -0.25) is 9.59 Å². The average Bonchev–Trinajstić information content (AvgIpc) is 2.44. The SMILES string of the molecule is CC(=O)Cl.CC(=O)Oc1ccc(Br)cc1.Oc1ccc(Br)cc1. The van der Waals surface area contributed by atoms with Crippen LogP contribution in [0.4, 0.5) is 0 Å². The van der Waals surface area contributed by atoms with Gasteiger partial charge in [0.05, 0.1) is 0 Å². The van der Waals surface area contributed by atoms with Crippen molar-refractivity contribution in [2.45, 2.75) is 13.8 Å². The maximum Gasteiger partial charge on any atom is 0.308 e. The van der Waals surface area contributed by atoms with Crippen molar-refractivity contribution in [1.82, 2.24) is 0 Å². The summed E-state index contributed by atoms with van der Waals surface area (Å²) < 4.78 is 6.76. The van der Waals surface area contributed by atoms with Crippen molar-refractivity contribution in [2.75, 3.05) is 0 Å². The van der Waals surface area contributed by atoms with E-state index in [1.54, 1.807) is 36.4 Å². The third kappa shape index (κ3) is 14.0. The highest BCUT2D eigenvalue weighted by atomic mass is 79.9. The molecule has 2 rings (SSSR count). The summed E-state index contributed by atoms with van der Waals surface area (Å²) in [5.74, 6) is 0.571. The Hall–Kier alpha value is -1.37. The molecule has 0 saturated heterocycles. The van der Waals surface area contributed by atoms with Gasteiger partial charge < -0.3 is 9.84 Å². The van der Waals surface area contributed by atoms with Crippen molar-refractivity contribution in [1.29, 1.82) is 0 Å². The molecule has 0 aliphatic rings. The molecule has 0 spiro atoms. The summed E-state index contributed by atoms with van der Waals surface area (Å²) in [6, 6.07) is 13.9. The van der Waals surface area contributed by atoms with Crippen LogP contribution in [0.3, 0.4) is 0 Å². The molecule has 0 saturated carbocycles. The summed E-state index contributed by atoms with van der Waals surface area (Å²) in [4.78, 5) is 19.7. The summed E-state index contributed by atoms with van der Waals surface area (Å²) in [5.41, 5.74) is 0. The summed E-state index contributed by atoms with van der Waals surface area (Å²) in [6.07, 6.45) is 0. The van der Waals surface area contributed by atoms with Crippen LogP contribution in [0, 0.1) is 0 Å². The first-order chi connectivity index (χ1) is 10.7. The first kappa shape index (κ1) is 21.6. The second-order valence-corrected chi connectivity index (χ2v) is 6.36. The molecule has 0 atom stereocenters. The van der Waals surface area contributed by atoms with Crippen molar-refractivity contribution in [2.24, 2.45) is 0 Å². The highest BCUT2D eigenvalue weighted by Gasteiger charge is 1.95. The summed E-state index contributed by atoms with van der Waals surface area (Å²) in [6.45, 7) is 2.67. The predicted octanol–water partition coefficient (Wildman–Crippen LogP) is 5.30. The smallest absolute Gasteiger partial charge is 0.308 e. The molecule has 7 heteroatoms. The van der Waals surface area contributed by atoms with E-state index >= 15 is 0 Å². The third-order valence-electron chi connectivity index (χ3n) is 1.90. The van der Waals surface area contributed by atoms with Crippen LogP contribution < -0.4 is 4.74 Å². The topological polar surface area (TPSA) is 63.6 Å². The minimum Gasteiger partial charge on any atom is -0.508 e. The van der Waals surface area contributed by atoms with Gasteiger partial charge in [0, 0.05) is 22.8 Å². The maximum absolute atomic E-state index is 10.5. The van der Waals surface area contributed by atoms with E-state index in [4.69, 9.17) is 9.84 Å². The van der Waals surface area contributed by atoms with E-state index in [2.05, 4.69) is 43.5 Å². The van der Waals surface area contributed by atoms with Gasteiger partial charge in [0.2, 0.25) is 5.24 Å². The zero-order valence-corrected chi connectivity index (χ0v) is 16.4. The molecule has 0 bridgehead atoms. The lowest BCUT2D eigenvalue weighted by Gasteiger charge is -1.98. The van der Waals surface area contributed by atoms with Crippen LogP contribution in [-0.2, 0) is 9.59 Å². The lowest BCUT2D eigenvalue weighted by molar-refractivity contribution is -0.131. The number of esters is 1. The third-order valence-corrected chi connectivity index (χ3v) is 2.96. The number of phenols is 1. The molecule has 0 heterocycles. The van der Waals surface area contributed by atoms with Gasteiger partial charge in [0.1, 0.15) is 11.5 Å². The molecule has 0 aromatic heterocycles. The zero-order valence-electron chi connectivity index (χ0n) is 12.4. The van der Waals surface area contributed by atoms with Gasteiger partial charge in [0.15, 0.2) is 0 Å². The molecule has 124 valence electrons. The maximum atomic E-state index is 10.5. The average molecular weight is 467 g/mol. The van der Waals surface area contributed by atoms with Crippen LogP contribution in [0.1, 0.15) is 13.8 Å². The largest absolute Gasteiger partial charge is 0.508 e. The molecule has 23 heavy (non-hydrogen) atoms. The molecular formula is C16H15Br2ClO4. The highest BCUT2D eigenvalue weighted by molar-refractivity contribution is 9.10. The van der Waals surface area contributed by atoms with Crippen LogP contribution in [0.25, 0.3) is 0 Å². The lowest BCUT2D eigenvalue weighted by Crippen LogP contribution is -2.00. The number of hydrogen-bond acceptors (Lipinski definition) is 4. The number of rotatable bonds is 1. The van der Waals surface area contributed by atoms with Crippen molar-refractivity contribution in [3.05, 3.63) is 57.5 Å². The minimum atomic E-state index is -0.361. The normalized spacial score (nSPS) is 8.74. The Morgan fingerprint density at radius 1 is 0.913 bits per heavy atom. The first-order valence-corrected chi connectivity index (χ1v) is 8.21. The molecule has 0 aliphatic carbocycles. The van der Waals surface area contributed by atoms with Gasteiger partial charge in [-0.15, -0.1) is 0 Å². The molecule has 0 fully saturated rings. The van der Waals surface area contributed by atoms with E-state index in [0.717, 1.165) is 8.95 Å². The zero-order chi connectivity index (χ0) is 17.8. The van der Waals surface area contributed by atoms with Crippen LogP contribution in [0.5, 0.6) is 11.5 Å². The van der Waals surface area contributed by atoms with Crippen LogP contribution in [0.15, 0.2) is 57.5 Å². The molecule has 0 aliphatic heterocycles. The van der Waals surface area contributed by atoms with Crippen LogP contribution in [0.2, 0.25) is 0 Å². The Kier molecular flexibility index (Phi) is 11.4. The minimum absolute atomic E-state index is 0.299. The van der Waals surface area contributed by atoms with Gasteiger partial charge >= 0.3 is 5.97 Å². The summed E-state index contributed by atoms with van der Waals surface area (Å²) in [5, 5.41) is 8.37. The van der Waals surface area contributed by atoms with E-state index in [-0.39, 0.29) is 11.2 Å².